The van der Waals surface area contributed by atoms with Gasteiger partial charge >= 0.3 is 5.97 Å². The predicted molar refractivity (Wildman–Crippen MR) is 91.2 cm³/mol. The first-order valence-electron chi connectivity index (χ1n) is 6.71. The summed E-state index contributed by atoms with van der Waals surface area (Å²) in [6.45, 7) is 0. The van der Waals surface area contributed by atoms with Crippen molar-refractivity contribution in [3.05, 3.63) is 65.7 Å². The molecule has 0 saturated heterocycles. The van der Waals surface area contributed by atoms with Crippen molar-refractivity contribution in [2.24, 2.45) is 0 Å². The molecule has 2 aromatic carbocycles. The lowest BCUT2D eigenvalue weighted by Crippen LogP contribution is -2.51. The SMILES string of the molecule is CN(NC=S)N(C(=O)c1ccccc1C(=O)O)c1ccccc1. The van der Waals surface area contributed by atoms with E-state index < -0.39 is 11.9 Å². The third-order valence-electron chi connectivity index (χ3n) is 3.12. The largest absolute Gasteiger partial charge is 0.478 e. The lowest BCUT2D eigenvalue weighted by molar-refractivity contribution is 0.0689. The number of carboxylic acid groups (broad SMARTS) is 1. The van der Waals surface area contributed by atoms with E-state index in [9.17, 15) is 14.7 Å². The van der Waals surface area contributed by atoms with E-state index in [0.717, 1.165) is 0 Å². The van der Waals surface area contributed by atoms with Crippen LogP contribution in [0.5, 0.6) is 0 Å². The van der Waals surface area contributed by atoms with E-state index in [2.05, 4.69) is 5.43 Å². The molecule has 0 aliphatic heterocycles. The Morgan fingerprint density at radius 1 is 1.04 bits per heavy atom. The minimum Gasteiger partial charge on any atom is -0.478 e. The molecule has 2 rings (SSSR count). The third-order valence-corrected chi connectivity index (χ3v) is 3.23. The summed E-state index contributed by atoms with van der Waals surface area (Å²) in [5.41, 5.74) is 4.58. The fourth-order valence-corrected chi connectivity index (χ4v) is 2.25. The summed E-state index contributed by atoms with van der Waals surface area (Å²) < 4.78 is 0. The lowest BCUT2D eigenvalue weighted by Gasteiger charge is -2.31. The second kappa shape index (κ2) is 7.48. The molecule has 0 spiro atoms. The highest BCUT2D eigenvalue weighted by Gasteiger charge is 2.25. The van der Waals surface area contributed by atoms with E-state index in [1.54, 1.807) is 43.4 Å². The molecule has 118 valence electrons. The van der Waals surface area contributed by atoms with Crippen LogP contribution in [0.25, 0.3) is 0 Å². The smallest absolute Gasteiger partial charge is 0.336 e. The number of thiocarbonyl (C=S) groups is 1. The number of anilines is 1. The van der Waals surface area contributed by atoms with E-state index >= 15 is 0 Å². The molecular formula is C16H15N3O3S. The number of hydrazine groups is 2. The van der Waals surface area contributed by atoms with Gasteiger partial charge in [-0.2, -0.15) is 0 Å². The van der Waals surface area contributed by atoms with Gasteiger partial charge in [0, 0.05) is 7.05 Å². The van der Waals surface area contributed by atoms with Gasteiger partial charge in [-0.3, -0.25) is 10.2 Å². The number of hydrogen-bond donors (Lipinski definition) is 2. The molecule has 23 heavy (non-hydrogen) atoms. The van der Waals surface area contributed by atoms with Crippen LogP contribution in [0.1, 0.15) is 20.7 Å². The molecule has 0 fully saturated rings. The molecule has 0 saturated carbocycles. The summed E-state index contributed by atoms with van der Waals surface area (Å²) in [4.78, 5) is 24.3. The average molecular weight is 329 g/mol. The van der Waals surface area contributed by atoms with Crippen LogP contribution in [0.4, 0.5) is 5.69 Å². The fraction of sp³-hybridized carbons (Fsp3) is 0.0625. The Morgan fingerprint density at radius 2 is 1.61 bits per heavy atom. The number of aromatic carboxylic acids is 1. The number of nitrogens with one attached hydrogen (secondary N) is 1. The van der Waals surface area contributed by atoms with Crippen molar-refractivity contribution in [3.63, 3.8) is 0 Å². The van der Waals surface area contributed by atoms with Gasteiger partial charge in [-0.1, -0.05) is 42.5 Å². The molecule has 2 aromatic rings. The first kappa shape index (κ1) is 16.6. The van der Waals surface area contributed by atoms with Crippen LogP contribution in [-0.2, 0) is 0 Å². The van der Waals surface area contributed by atoms with Gasteiger partial charge in [0.1, 0.15) is 0 Å². The summed E-state index contributed by atoms with van der Waals surface area (Å²) in [5, 5.41) is 12.0. The van der Waals surface area contributed by atoms with Gasteiger partial charge in [0.05, 0.1) is 22.3 Å². The second-order valence-corrected chi connectivity index (χ2v) is 4.81. The zero-order chi connectivity index (χ0) is 16.8. The highest BCUT2D eigenvalue weighted by atomic mass is 32.1. The third kappa shape index (κ3) is 3.71. The number of para-hydroxylation sites is 1. The molecule has 0 aliphatic carbocycles. The highest BCUT2D eigenvalue weighted by molar-refractivity contribution is 7.78. The molecule has 6 nitrogen and oxygen atoms in total. The Labute approximate surface area is 138 Å². The normalized spacial score (nSPS) is 10.2. The van der Waals surface area contributed by atoms with E-state index in [1.165, 1.54) is 27.8 Å². The number of nitrogens with zero attached hydrogens (tertiary/aromatic N) is 2. The number of hydrogen-bond acceptors (Lipinski definition) is 4. The van der Waals surface area contributed by atoms with Gasteiger partial charge in [-0.15, -0.1) is 5.12 Å². The number of rotatable bonds is 6. The number of benzene rings is 2. The van der Waals surface area contributed by atoms with Crippen LogP contribution in [0, 0.1) is 0 Å². The molecule has 0 aliphatic rings. The van der Waals surface area contributed by atoms with Crippen LogP contribution in [0.2, 0.25) is 0 Å². The zero-order valence-electron chi connectivity index (χ0n) is 12.3. The number of amides is 1. The van der Waals surface area contributed by atoms with Gasteiger partial charge in [0.2, 0.25) is 0 Å². The van der Waals surface area contributed by atoms with Crippen LogP contribution < -0.4 is 10.4 Å². The summed E-state index contributed by atoms with van der Waals surface area (Å²) >= 11 is 4.76. The van der Waals surface area contributed by atoms with Crippen molar-refractivity contribution in [1.29, 1.82) is 0 Å². The fourth-order valence-electron chi connectivity index (χ4n) is 2.10. The van der Waals surface area contributed by atoms with Crippen molar-refractivity contribution >= 4 is 35.3 Å². The lowest BCUT2D eigenvalue weighted by atomic mass is 10.1. The number of carboxylic acids is 1. The molecule has 0 unspecified atom stereocenters. The van der Waals surface area contributed by atoms with Crippen molar-refractivity contribution < 1.29 is 14.7 Å². The van der Waals surface area contributed by atoms with Crippen LogP contribution in [0.3, 0.4) is 0 Å². The molecule has 0 atom stereocenters. The van der Waals surface area contributed by atoms with Gasteiger partial charge in [0.15, 0.2) is 0 Å². The first-order chi connectivity index (χ1) is 11.1. The molecule has 0 aromatic heterocycles. The Hall–Kier alpha value is -2.77. The summed E-state index contributed by atoms with van der Waals surface area (Å²) in [5.74, 6) is -1.64. The molecule has 1 amide bonds. The van der Waals surface area contributed by atoms with Gasteiger partial charge < -0.3 is 5.11 Å². The molecule has 0 heterocycles. The van der Waals surface area contributed by atoms with Crippen molar-refractivity contribution in [2.45, 2.75) is 0 Å². The van der Waals surface area contributed by atoms with E-state index in [0.29, 0.717) is 5.69 Å². The Balaban J connectivity index is 2.50. The van der Waals surface area contributed by atoms with Crippen molar-refractivity contribution in [1.82, 2.24) is 10.5 Å². The molecule has 2 N–H and O–H groups in total. The van der Waals surface area contributed by atoms with Crippen LogP contribution in [0.15, 0.2) is 54.6 Å². The van der Waals surface area contributed by atoms with E-state index in [-0.39, 0.29) is 11.1 Å². The maximum absolute atomic E-state index is 12.9. The van der Waals surface area contributed by atoms with E-state index in [1.807, 2.05) is 6.07 Å². The molecule has 7 heteroatoms. The minimum atomic E-state index is -1.16. The maximum Gasteiger partial charge on any atom is 0.336 e. The number of carbonyl (C=O) groups is 2. The topological polar surface area (TPSA) is 72.9 Å². The molecule has 0 radical (unpaired) electrons. The summed E-state index contributed by atoms with van der Waals surface area (Å²) in [6, 6.07) is 14.9. The quantitative estimate of drug-likeness (QED) is 0.626. The first-order valence-corrected chi connectivity index (χ1v) is 7.18. The number of carbonyl (C=O) groups excluding carboxylic acids is 1. The summed E-state index contributed by atoms with van der Waals surface area (Å²) in [6.07, 6.45) is 0. The standard InChI is InChI=1S/C16H15N3O3S/c1-18(17-11-23)19(12-7-3-2-4-8-12)15(20)13-9-5-6-10-14(13)16(21)22/h2-11H,1H3,(H,17,23)(H,21,22). The van der Waals surface area contributed by atoms with Crippen LogP contribution in [-0.4, -0.2) is 34.6 Å². The van der Waals surface area contributed by atoms with Crippen molar-refractivity contribution in [3.8, 4) is 0 Å². The van der Waals surface area contributed by atoms with Gasteiger partial charge in [0.25, 0.3) is 5.91 Å². The molecular weight excluding hydrogens is 314 g/mol. The monoisotopic (exact) mass is 329 g/mol. The van der Waals surface area contributed by atoms with Gasteiger partial charge in [-0.25, -0.2) is 9.80 Å². The predicted octanol–water partition coefficient (Wildman–Crippen LogP) is 2.34. The minimum absolute atomic E-state index is 0.0609. The second-order valence-electron chi connectivity index (χ2n) is 4.57. The Bertz CT molecular complexity index is 722. The zero-order valence-corrected chi connectivity index (χ0v) is 13.2. The maximum atomic E-state index is 12.9. The van der Waals surface area contributed by atoms with E-state index in [4.69, 9.17) is 12.2 Å². The Morgan fingerprint density at radius 3 is 2.17 bits per heavy atom. The highest BCUT2D eigenvalue weighted by Crippen LogP contribution is 2.20. The average Bonchev–Trinajstić information content (AvgIpc) is 2.56. The van der Waals surface area contributed by atoms with Crippen molar-refractivity contribution in [2.75, 3.05) is 12.1 Å². The van der Waals surface area contributed by atoms with Crippen LogP contribution >= 0.6 is 12.2 Å². The summed E-state index contributed by atoms with van der Waals surface area (Å²) in [7, 11) is 1.61. The molecule has 0 bridgehead atoms. The Kier molecular flexibility index (Phi) is 5.40. The van der Waals surface area contributed by atoms with Gasteiger partial charge in [-0.05, 0) is 24.3 Å².